The van der Waals surface area contributed by atoms with Gasteiger partial charge in [-0.05, 0) is 40.8 Å². The van der Waals surface area contributed by atoms with Gasteiger partial charge in [-0.25, -0.2) is 0 Å². The third kappa shape index (κ3) is 5.89. The zero-order chi connectivity index (χ0) is 20.7. The molecular weight excluding hydrogens is 358 g/mol. The lowest BCUT2D eigenvalue weighted by molar-refractivity contribution is -0.123. The van der Waals surface area contributed by atoms with Crippen molar-refractivity contribution in [2.45, 2.75) is 32.3 Å². The van der Waals surface area contributed by atoms with Gasteiger partial charge in [0, 0.05) is 6.54 Å². The SMILES string of the molecule is COc1ccc(C(O)CNC(=O)COc2ccc(C(C)(C)C)cc2)cc1OC. The first kappa shape index (κ1) is 21.6. The molecule has 2 aromatic carbocycles. The predicted octanol–water partition coefficient (Wildman–Crippen LogP) is 3.23. The first-order valence-corrected chi connectivity index (χ1v) is 9.14. The summed E-state index contributed by atoms with van der Waals surface area (Å²) in [7, 11) is 3.08. The lowest BCUT2D eigenvalue weighted by Gasteiger charge is -2.19. The summed E-state index contributed by atoms with van der Waals surface area (Å²) in [6.45, 7) is 6.37. The van der Waals surface area contributed by atoms with Crippen LogP contribution in [-0.2, 0) is 10.2 Å². The number of hydrogen-bond acceptors (Lipinski definition) is 5. The molecule has 6 nitrogen and oxygen atoms in total. The van der Waals surface area contributed by atoms with E-state index in [0.29, 0.717) is 22.8 Å². The van der Waals surface area contributed by atoms with Crippen molar-refractivity contribution in [2.24, 2.45) is 0 Å². The maximum atomic E-state index is 12.0. The Morgan fingerprint density at radius 2 is 1.68 bits per heavy atom. The second-order valence-electron chi connectivity index (χ2n) is 7.50. The van der Waals surface area contributed by atoms with Crippen LogP contribution in [-0.4, -0.2) is 38.4 Å². The van der Waals surface area contributed by atoms with E-state index in [4.69, 9.17) is 14.2 Å². The Bertz CT molecular complexity index is 781. The van der Waals surface area contributed by atoms with Gasteiger partial charge in [0.1, 0.15) is 5.75 Å². The largest absolute Gasteiger partial charge is 0.493 e. The number of hydrogen-bond donors (Lipinski definition) is 2. The highest BCUT2D eigenvalue weighted by Gasteiger charge is 2.15. The second kappa shape index (κ2) is 9.46. The lowest BCUT2D eigenvalue weighted by Crippen LogP contribution is -2.32. The number of ether oxygens (including phenoxy) is 3. The Balaban J connectivity index is 1.83. The van der Waals surface area contributed by atoms with Gasteiger partial charge in [-0.2, -0.15) is 0 Å². The van der Waals surface area contributed by atoms with Crippen LogP contribution in [0.5, 0.6) is 17.2 Å². The zero-order valence-electron chi connectivity index (χ0n) is 17.1. The van der Waals surface area contributed by atoms with Crippen LogP contribution in [0, 0.1) is 0 Å². The molecule has 2 N–H and O–H groups in total. The quantitative estimate of drug-likeness (QED) is 0.727. The van der Waals surface area contributed by atoms with Crippen LogP contribution in [0.25, 0.3) is 0 Å². The minimum Gasteiger partial charge on any atom is -0.493 e. The van der Waals surface area contributed by atoms with E-state index in [-0.39, 0.29) is 24.5 Å². The molecule has 0 saturated carbocycles. The van der Waals surface area contributed by atoms with Crippen LogP contribution in [0.1, 0.15) is 38.0 Å². The molecule has 0 bridgehead atoms. The number of aliphatic hydroxyl groups is 1. The van der Waals surface area contributed by atoms with Crippen LogP contribution < -0.4 is 19.5 Å². The molecule has 0 radical (unpaired) electrons. The van der Waals surface area contributed by atoms with E-state index < -0.39 is 6.10 Å². The summed E-state index contributed by atoms with van der Waals surface area (Å²) in [6, 6.07) is 12.8. The lowest BCUT2D eigenvalue weighted by atomic mass is 9.87. The Hall–Kier alpha value is -2.73. The van der Waals surface area contributed by atoms with Crippen LogP contribution in [0.4, 0.5) is 0 Å². The highest BCUT2D eigenvalue weighted by atomic mass is 16.5. The van der Waals surface area contributed by atoms with Gasteiger partial charge in [-0.3, -0.25) is 4.79 Å². The molecule has 2 rings (SSSR count). The summed E-state index contributed by atoms with van der Waals surface area (Å²) in [5, 5.41) is 13.0. The number of benzene rings is 2. The smallest absolute Gasteiger partial charge is 0.258 e. The number of nitrogens with one attached hydrogen (secondary N) is 1. The molecule has 0 fully saturated rings. The Morgan fingerprint density at radius 1 is 1.04 bits per heavy atom. The topological polar surface area (TPSA) is 77.0 Å². The molecule has 1 atom stereocenters. The molecule has 0 aliphatic carbocycles. The third-order valence-corrected chi connectivity index (χ3v) is 4.38. The molecule has 28 heavy (non-hydrogen) atoms. The molecular formula is C22H29NO5. The minimum atomic E-state index is -0.866. The summed E-state index contributed by atoms with van der Waals surface area (Å²) in [5.41, 5.74) is 1.88. The van der Waals surface area contributed by atoms with Crippen molar-refractivity contribution in [1.29, 1.82) is 0 Å². The standard InChI is InChI=1S/C22H29NO5/c1-22(2,3)16-7-9-17(10-8-16)28-14-21(25)23-13-18(24)15-6-11-19(26-4)20(12-15)27-5/h6-12,18,24H,13-14H2,1-5H3,(H,23,25). The van der Waals surface area contributed by atoms with Crippen molar-refractivity contribution in [3.63, 3.8) is 0 Å². The van der Waals surface area contributed by atoms with Gasteiger partial charge in [-0.1, -0.05) is 39.0 Å². The number of carbonyl (C=O) groups excluding carboxylic acids is 1. The molecule has 0 saturated heterocycles. The van der Waals surface area contributed by atoms with E-state index in [9.17, 15) is 9.90 Å². The third-order valence-electron chi connectivity index (χ3n) is 4.38. The summed E-state index contributed by atoms with van der Waals surface area (Å²) < 4.78 is 15.9. The number of methoxy groups -OCH3 is 2. The average Bonchev–Trinajstić information content (AvgIpc) is 2.69. The molecule has 0 spiro atoms. The van der Waals surface area contributed by atoms with Crippen LogP contribution in [0.2, 0.25) is 0 Å². The second-order valence-corrected chi connectivity index (χ2v) is 7.50. The van der Waals surface area contributed by atoms with Gasteiger partial charge in [0.2, 0.25) is 0 Å². The van der Waals surface area contributed by atoms with E-state index in [1.54, 1.807) is 25.3 Å². The van der Waals surface area contributed by atoms with E-state index >= 15 is 0 Å². The van der Waals surface area contributed by atoms with Gasteiger partial charge in [0.25, 0.3) is 5.91 Å². The summed E-state index contributed by atoms with van der Waals surface area (Å²) >= 11 is 0. The van der Waals surface area contributed by atoms with Crippen LogP contribution in [0.15, 0.2) is 42.5 Å². The fourth-order valence-corrected chi connectivity index (χ4v) is 2.64. The number of amides is 1. The fraction of sp³-hybridized carbons (Fsp3) is 0.409. The monoisotopic (exact) mass is 387 g/mol. The number of aliphatic hydroxyl groups excluding tert-OH is 1. The van der Waals surface area contributed by atoms with E-state index in [1.807, 2.05) is 24.3 Å². The van der Waals surface area contributed by atoms with Crippen molar-refractivity contribution in [1.82, 2.24) is 5.32 Å². The number of rotatable bonds is 8. The zero-order valence-corrected chi connectivity index (χ0v) is 17.1. The Labute approximate surface area is 166 Å². The summed E-state index contributed by atoms with van der Waals surface area (Å²) in [6.07, 6.45) is -0.866. The van der Waals surface area contributed by atoms with Crippen molar-refractivity contribution < 1.29 is 24.1 Å². The van der Waals surface area contributed by atoms with E-state index in [2.05, 4.69) is 26.1 Å². The minimum absolute atomic E-state index is 0.0657. The first-order valence-electron chi connectivity index (χ1n) is 9.14. The maximum Gasteiger partial charge on any atom is 0.258 e. The van der Waals surface area contributed by atoms with Gasteiger partial charge in [0.15, 0.2) is 18.1 Å². The number of carbonyl (C=O) groups is 1. The highest BCUT2D eigenvalue weighted by molar-refractivity contribution is 5.77. The Morgan fingerprint density at radius 3 is 2.25 bits per heavy atom. The summed E-state index contributed by atoms with van der Waals surface area (Å²) in [4.78, 5) is 12.0. The Kier molecular flexibility index (Phi) is 7.29. The van der Waals surface area contributed by atoms with Crippen LogP contribution >= 0.6 is 0 Å². The van der Waals surface area contributed by atoms with Gasteiger partial charge < -0.3 is 24.6 Å². The van der Waals surface area contributed by atoms with Crippen molar-refractivity contribution in [3.05, 3.63) is 53.6 Å². The van der Waals surface area contributed by atoms with E-state index in [1.165, 1.54) is 12.7 Å². The fourth-order valence-electron chi connectivity index (χ4n) is 2.64. The van der Waals surface area contributed by atoms with Crippen molar-refractivity contribution in [2.75, 3.05) is 27.4 Å². The highest BCUT2D eigenvalue weighted by Crippen LogP contribution is 2.29. The van der Waals surface area contributed by atoms with Gasteiger partial charge >= 0.3 is 0 Å². The molecule has 0 aromatic heterocycles. The molecule has 2 aromatic rings. The first-order chi connectivity index (χ1) is 13.2. The molecule has 1 amide bonds. The molecule has 1 unspecified atom stereocenters. The van der Waals surface area contributed by atoms with Crippen LogP contribution in [0.3, 0.4) is 0 Å². The average molecular weight is 387 g/mol. The van der Waals surface area contributed by atoms with Gasteiger partial charge in [-0.15, -0.1) is 0 Å². The summed E-state index contributed by atoms with van der Waals surface area (Å²) in [5.74, 6) is 1.42. The van der Waals surface area contributed by atoms with Gasteiger partial charge in [0.05, 0.1) is 20.3 Å². The van der Waals surface area contributed by atoms with E-state index in [0.717, 1.165) is 0 Å². The normalized spacial score (nSPS) is 12.2. The molecule has 0 aliphatic heterocycles. The predicted molar refractivity (Wildman–Crippen MR) is 108 cm³/mol. The van der Waals surface area contributed by atoms with Crippen molar-refractivity contribution >= 4 is 5.91 Å². The van der Waals surface area contributed by atoms with Crippen molar-refractivity contribution in [3.8, 4) is 17.2 Å². The molecule has 0 heterocycles. The molecule has 6 heteroatoms. The molecule has 152 valence electrons. The maximum absolute atomic E-state index is 12.0. The molecule has 0 aliphatic rings.